The van der Waals surface area contributed by atoms with E-state index in [2.05, 4.69) is 26.7 Å². The van der Waals surface area contributed by atoms with Crippen molar-refractivity contribution in [3.63, 3.8) is 0 Å². The third-order valence-corrected chi connectivity index (χ3v) is 6.38. The van der Waals surface area contributed by atoms with Gasteiger partial charge in [0.05, 0.1) is 17.2 Å². The molecule has 3 aromatic rings. The van der Waals surface area contributed by atoms with E-state index in [1.165, 1.54) is 29.9 Å². The Hall–Kier alpha value is -2.64. The molecule has 0 atom stereocenters. The van der Waals surface area contributed by atoms with Gasteiger partial charge in [0.25, 0.3) is 0 Å². The second-order valence-corrected chi connectivity index (χ2v) is 8.42. The van der Waals surface area contributed by atoms with Crippen molar-refractivity contribution in [2.75, 3.05) is 20.1 Å². The topological polar surface area (TPSA) is 81.3 Å². The lowest BCUT2D eigenvalue weighted by molar-refractivity contribution is -0.0800. The molecule has 2 aromatic heterocycles. The third-order valence-electron chi connectivity index (χ3n) is 6.15. The van der Waals surface area contributed by atoms with Crippen LogP contribution < -0.4 is 5.73 Å². The normalized spacial score (nSPS) is 16.8. The van der Waals surface area contributed by atoms with Crippen LogP contribution >= 0.6 is 11.6 Å². The van der Waals surface area contributed by atoms with Crippen molar-refractivity contribution in [3.05, 3.63) is 94.0 Å². The average Bonchev–Trinajstić information content (AvgIpc) is 3.21. The van der Waals surface area contributed by atoms with Crippen LogP contribution in [0.4, 0.5) is 0 Å². The van der Waals surface area contributed by atoms with Crippen LogP contribution in [0.3, 0.4) is 0 Å². The number of ketones is 1. The van der Waals surface area contributed by atoms with E-state index in [9.17, 15) is 4.79 Å². The predicted octanol–water partition coefficient (Wildman–Crippen LogP) is 3.96. The van der Waals surface area contributed by atoms with Gasteiger partial charge < -0.3 is 10.5 Å². The number of nitrogens with two attached hydrogens (primary N) is 1. The van der Waals surface area contributed by atoms with Crippen LogP contribution in [0.5, 0.6) is 0 Å². The molecule has 0 radical (unpaired) electrons. The van der Waals surface area contributed by atoms with E-state index in [1.54, 1.807) is 12.1 Å². The highest BCUT2D eigenvalue weighted by Gasteiger charge is 2.42. The number of carbonyl (C=O) groups excluding carboxylic acids is 1. The number of pyridine rings is 2. The zero-order valence-electron chi connectivity index (χ0n) is 18.1. The fraction of sp³-hybridized carbons (Fsp3) is 0.320. The van der Waals surface area contributed by atoms with E-state index < -0.39 is 0 Å². The van der Waals surface area contributed by atoms with Gasteiger partial charge in [-0.1, -0.05) is 35.9 Å². The first-order chi connectivity index (χ1) is 15.6. The standard InChI is InChI=1S/C24H22ClN3O2.CH5N/c25-20-5-6-22(27-13-20)23(29)18-3-1-17(2-4-18)15-28-11-8-24(9-12-28)21-14-26-10-7-19(21)16-30-24;1-2/h1-7,10,13-14H,8-9,11-12,15-16H2;2H2,1H3. The Morgan fingerprint density at radius 1 is 1.09 bits per heavy atom. The van der Waals surface area contributed by atoms with Crippen molar-refractivity contribution in [1.29, 1.82) is 0 Å². The first-order valence-corrected chi connectivity index (χ1v) is 11.1. The van der Waals surface area contributed by atoms with Gasteiger partial charge in [0.2, 0.25) is 5.78 Å². The Morgan fingerprint density at radius 3 is 2.53 bits per heavy atom. The molecule has 0 bridgehead atoms. The van der Waals surface area contributed by atoms with Crippen LogP contribution in [0.15, 0.2) is 61.1 Å². The summed E-state index contributed by atoms with van der Waals surface area (Å²) in [5, 5.41) is 0.521. The molecule has 1 saturated heterocycles. The lowest BCUT2D eigenvalue weighted by Gasteiger charge is -2.39. The van der Waals surface area contributed by atoms with Crippen molar-refractivity contribution in [2.24, 2.45) is 5.73 Å². The zero-order valence-corrected chi connectivity index (χ0v) is 18.9. The molecule has 1 aromatic carbocycles. The smallest absolute Gasteiger partial charge is 0.211 e. The molecule has 4 heterocycles. The monoisotopic (exact) mass is 450 g/mol. The summed E-state index contributed by atoms with van der Waals surface area (Å²) in [5.74, 6) is -0.0937. The number of halogens is 1. The Labute approximate surface area is 193 Å². The lowest BCUT2D eigenvalue weighted by Crippen LogP contribution is -2.42. The molecule has 2 N–H and O–H groups in total. The first kappa shape index (κ1) is 22.6. The maximum atomic E-state index is 12.6. The van der Waals surface area contributed by atoms with Gasteiger partial charge >= 0.3 is 0 Å². The second kappa shape index (κ2) is 9.88. The average molecular weight is 451 g/mol. The summed E-state index contributed by atoms with van der Waals surface area (Å²) in [6, 6.07) is 13.2. The summed E-state index contributed by atoms with van der Waals surface area (Å²) in [6.45, 7) is 3.51. The lowest BCUT2D eigenvalue weighted by atomic mass is 9.84. The van der Waals surface area contributed by atoms with Crippen molar-refractivity contribution in [1.82, 2.24) is 14.9 Å². The highest BCUT2D eigenvalue weighted by molar-refractivity contribution is 6.30. The number of hydrogen-bond donors (Lipinski definition) is 1. The summed E-state index contributed by atoms with van der Waals surface area (Å²) in [4.78, 5) is 23.4. The number of carbonyl (C=O) groups is 1. The van der Waals surface area contributed by atoms with Crippen LogP contribution in [-0.2, 0) is 23.5 Å². The molecule has 5 rings (SSSR count). The molecule has 0 aliphatic carbocycles. The number of nitrogens with zero attached hydrogens (tertiary/aromatic N) is 3. The van der Waals surface area contributed by atoms with Gasteiger partial charge in [-0.05, 0) is 49.2 Å². The first-order valence-electron chi connectivity index (χ1n) is 10.8. The number of fused-ring (bicyclic) bond motifs is 2. The fourth-order valence-corrected chi connectivity index (χ4v) is 4.53. The number of hydrogen-bond acceptors (Lipinski definition) is 6. The van der Waals surface area contributed by atoms with Crippen molar-refractivity contribution in [3.8, 4) is 0 Å². The van der Waals surface area contributed by atoms with E-state index in [0.717, 1.165) is 32.5 Å². The maximum absolute atomic E-state index is 12.6. The fourth-order valence-electron chi connectivity index (χ4n) is 4.42. The molecule has 2 aliphatic heterocycles. The number of aromatic nitrogens is 2. The highest BCUT2D eigenvalue weighted by Crippen LogP contribution is 2.43. The van der Waals surface area contributed by atoms with Gasteiger partial charge in [-0.3, -0.25) is 19.7 Å². The van der Waals surface area contributed by atoms with Gasteiger partial charge in [0.1, 0.15) is 5.69 Å². The molecule has 1 fully saturated rings. The Kier molecular flexibility index (Phi) is 6.96. The number of rotatable bonds is 4. The molecular weight excluding hydrogens is 424 g/mol. The van der Waals surface area contributed by atoms with Crippen LogP contribution in [0.25, 0.3) is 0 Å². The molecule has 0 saturated carbocycles. The van der Waals surface area contributed by atoms with Gasteiger partial charge in [-0.2, -0.15) is 0 Å². The minimum Gasteiger partial charge on any atom is -0.365 e. The summed E-state index contributed by atoms with van der Waals surface area (Å²) in [7, 11) is 1.50. The Morgan fingerprint density at radius 2 is 1.84 bits per heavy atom. The highest BCUT2D eigenvalue weighted by atomic mass is 35.5. The maximum Gasteiger partial charge on any atom is 0.211 e. The van der Waals surface area contributed by atoms with Crippen LogP contribution in [0.2, 0.25) is 5.02 Å². The van der Waals surface area contributed by atoms with Crippen molar-refractivity contribution in [2.45, 2.75) is 31.6 Å². The van der Waals surface area contributed by atoms with Gasteiger partial charge in [0.15, 0.2) is 0 Å². The van der Waals surface area contributed by atoms with E-state index in [-0.39, 0.29) is 11.4 Å². The molecular formula is C25H27ClN4O2. The second-order valence-electron chi connectivity index (χ2n) is 7.98. The SMILES string of the molecule is CN.O=C(c1ccc(CN2CCC3(CC2)OCc2ccncc23)cc1)c1ccc(Cl)cn1. The number of piperidine rings is 1. The minimum atomic E-state index is -0.165. The van der Waals surface area contributed by atoms with Gasteiger partial charge in [0, 0.05) is 49.4 Å². The molecule has 2 aliphatic rings. The van der Waals surface area contributed by atoms with Gasteiger partial charge in [-0.25, -0.2) is 0 Å². The summed E-state index contributed by atoms with van der Waals surface area (Å²) >= 11 is 5.85. The number of likely N-dealkylation sites (tertiary alicyclic amines) is 1. The van der Waals surface area contributed by atoms with E-state index in [1.807, 2.05) is 36.7 Å². The summed E-state index contributed by atoms with van der Waals surface area (Å²) < 4.78 is 6.22. The van der Waals surface area contributed by atoms with Crippen molar-refractivity contribution >= 4 is 17.4 Å². The van der Waals surface area contributed by atoms with Gasteiger partial charge in [-0.15, -0.1) is 0 Å². The molecule has 166 valence electrons. The Balaban J connectivity index is 0.00000119. The summed E-state index contributed by atoms with van der Waals surface area (Å²) in [5.41, 5.74) is 9.11. The molecule has 1 spiro atoms. The minimum absolute atomic E-state index is 0.0937. The molecule has 32 heavy (non-hydrogen) atoms. The third kappa shape index (κ3) is 4.59. The van der Waals surface area contributed by atoms with Crippen molar-refractivity contribution < 1.29 is 9.53 Å². The molecule has 7 heteroatoms. The number of benzene rings is 1. The van der Waals surface area contributed by atoms with E-state index >= 15 is 0 Å². The van der Waals surface area contributed by atoms with E-state index in [4.69, 9.17) is 16.3 Å². The van der Waals surface area contributed by atoms with E-state index in [0.29, 0.717) is 22.9 Å². The molecule has 0 unspecified atom stereocenters. The zero-order chi connectivity index (χ0) is 22.6. The predicted molar refractivity (Wildman–Crippen MR) is 124 cm³/mol. The quantitative estimate of drug-likeness (QED) is 0.606. The van der Waals surface area contributed by atoms with Crippen LogP contribution in [0.1, 0.15) is 45.6 Å². The summed E-state index contributed by atoms with van der Waals surface area (Å²) in [6.07, 6.45) is 7.26. The molecule has 0 amide bonds. The van der Waals surface area contributed by atoms with Crippen LogP contribution in [0, 0.1) is 0 Å². The molecule has 6 nitrogen and oxygen atoms in total. The van der Waals surface area contributed by atoms with Crippen LogP contribution in [-0.4, -0.2) is 40.8 Å². The Bertz CT molecular complexity index is 1060. The number of ether oxygens (including phenoxy) is 1. The largest absolute Gasteiger partial charge is 0.365 e.